The van der Waals surface area contributed by atoms with Gasteiger partial charge < -0.3 is 0 Å². The van der Waals surface area contributed by atoms with E-state index in [9.17, 15) is 0 Å². The maximum absolute atomic E-state index is 3.68. The standard InChI is InChI=1S/C9H19NS/c1-5-8-6-11-9(4,10-8)7(2)3/h7-8,10H,5-6H2,1-4H3. The minimum atomic E-state index is 0.334. The van der Waals surface area contributed by atoms with Crippen molar-refractivity contribution in [2.24, 2.45) is 5.92 Å². The summed E-state index contributed by atoms with van der Waals surface area (Å²) in [5, 5.41) is 3.68. The second-order valence-corrected chi connectivity index (χ2v) is 5.29. The van der Waals surface area contributed by atoms with E-state index in [1.54, 1.807) is 0 Å². The first-order valence-corrected chi connectivity index (χ1v) is 5.48. The Morgan fingerprint density at radius 2 is 2.27 bits per heavy atom. The molecule has 2 unspecified atom stereocenters. The van der Waals surface area contributed by atoms with Gasteiger partial charge in [-0.3, -0.25) is 5.32 Å². The molecule has 1 aliphatic heterocycles. The molecule has 1 heterocycles. The van der Waals surface area contributed by atoms with E-state index in [1.165, 1.54) is 12.2 Å². The summed E-state index contributed by atoms with van der Waals surface area (Å²) in [6.45, 7) is 9.15. The zero-order chi connectivity index (χ0) is 8.48. The van der Waals surface area contributed by atoms with Crippen LogP contribution in [0.15, 0.2) is 0 Å². The Kier molecular flexibility index (Phi) is 2.87. The van der Waals surface area contributed by atoms with Gasteiger partial charge in [0.25, 0.3) is 0 Å². The van der Waals surface area contributed by atoms with E-state index in [4.69, 9.17) is 0 Å². The largest absolute Gasteiger partial charge is 0.299 e. The van der Waals surface area contributed by atoms with E-state index in [2.05, 4.69) is 44.8 Å². The summed E-state index contributed by atoms with van der Waals surface area (Å²) in [4.78, 5) is 0.334. The normalized spacial score (nSPS) is 38.5. The minimum Gasteiger partial charge on any atom is -0.299 e. The minimum absolute atomic E-state index is 0.334. The van der Waals surface area contributed by atoms with E-state index in [1.807, 2.05) is 0 Å². The van der Waals surface area contributed by atoms with Crippen molar-refractivity contribution in [3.8, 4) is 0 Å². The molecule has 0 aromatic rings. The Morgan fingerprint density at radius 3 is 2.55 bits per heavy atom. The van der Waals surface area contributed by atoms with E-state index >= 15 is 0 Å². The quantitative estimate of drug-likeness (QED) is 0.688. The van der Waals surface area contributed by atoms with E-state index in [0.29, 0.717) is 4.87 Å². The maximum atomic E-state index is 3.68. The number of rotatable bonds is 2. The van der Waals surface area contributed by atoms with Gasteiger partial charge in [-0.1, -0.05) is 20.8 Å². The van der Waals surface area contributed by atoms with Crippen LogP contribution in [0.5, 0.6) is 0 Å². The van der Waals surface area contributed by atoms with Gasteiger partial charge in [-0.05, 0) is 19.3 Å². The zero-order valence-electron chi connectivity index (χ0n) is 7.98. The SMILES string of the molecule is CCC1CSC(C)(C(C)C)N1. The molecule has 1 saturated heterocycles. The molecule has 0 amide bonds. The molecule has 1 fully saturated rings. The maximum Gasteiger partial charge on any atom is 0.0642 e. The molecule has 2 heteroatoms. The van der Waals surface area contributed by atoms with Gasteiger partial charge in [0, 0.05) is 11.8 Å². The Bertz CT molecular complexity index is 136. The predicted octanol–water partition coefficient (Wildman–Crippen LogP) is 2.47. The van der Waals surface area contributed by atoms with E-state index in [0.717, 1.165) is 12.0 Å². The molecule has 11 heavy (non-hydrogen) atoms. The number of hydrogen-bond donors (Lipinski definition) is 1. The molecule has 0 bridgehead atoms. The van der Waals surface area contributed by atoms with Gasteiger partial charge in [-0.2, -0.15) is 0 Å². The van der Waals surface area contributed by atoms with Crippen LogP contribution in [0.4, 0.5) is 0 Å². The zero-order valence-corrected chi connectivity index (χ0v) is 8.79. The highest BCUT2D eigenvalue weighted by Crippen LogP contribution is 2.36. The van der Waals surface area contributed by atoms with Crippen LogP contribution in [0.1, 0.15) is 34.1 Å². The Hall–Kier alpha value is 0.310. The van der Waals surface area contributed by atoms with Gasteiger partial charge in [0.15, 0.2) is 0 Å². The first-order chi connectivity index (χ1) is 5.08. The smallest absolute Gasteiger partial charge is 0.0642 e. The lowest BCUT2D eigenvalue weighted by atomic mass is 10.0. The molecule has 0 saturated carbocycles. The van der Waals surface area contributed by atoms with Gasteiger partial charge in [-0.25, -0.2) is 0 Å². The molecular formula is C9H19NS. The third kappa shape index (κ3) is 1.91. The number of hydrogen-bond acceptors (Lipinski definition) is 2. The highest BCUT2D eigenvalue weighted by Gasteiger charge is 2.36. The van der Waals surface area contributed by atoms with Gasteiger partial charge in [0.2, 0.25) is 0 Å². The summed E-state index contributed by atoms with van der Waals surface area (Å²) in [6.07, 6.45) is 1.26. The summed E-state index contributed by atoms with van der Waals surface area (Å²) >= 11 is 2.07. The molecule has 1 N–H and O–H groups in total. The van der Waals surface area contributed by atoms with Crippen LogP contribution in [0.2, 0.25) is 0 Å². The Morgan fingerprint density at radius 1 is 1.64 bits per heavy atom. The van der Waals surface area contributed by atoms with Crippen molar-refractivity contribution in [3.05, 3.63) is 0 Å². The van der Waals surface area contributed by atoms with Crippen molar-refractivity contribution >= 4 is 11.8 Å². The second kappa shape index (κ2) is 3.36. The second-order valence-electron chi connectivity index (χ2n) is 3.82. The molecule has 0 radical (unpaired) electrons. The Labute approximate surface area is 74.3 Å². The number of nitrogens with one attached hydrogen (secondary N) is 1. The molecule has 0 aromatic carbocycles. The van der Waals surface area contributed by atoms with Gasteiger partial charge in [-0.15, -0.1) is 11.8 Å². The van der Waals surface area contributed by atoms with Crippen molar-refractivity contribution < 1.29 is 0 Å². The lowest BCUT2D eigenvalue weighted by Crippen LogP contribution is -2.42. The molecule has 0 aliphatic carbocycles. The van der Waals surface area contributed by atoms with Crippen LogP contribution in [-0.4, -0.2) is 16.7 Å². The van der Waals surface area contributed by atoms with Crippen molar-refractivity contribution in [3.63, 3.8) is 0 Å². The summed E-state index contributed by atoms with van der Waals surface area (Å²) < 4.78 is 0. The summed E-state index contributed by atoms with van der Waals surface area (Å²) in [5.41, 5.74) is 0. The molecule has 2 atom stereocenters. The molecule has 1 rings (SSSR count). The average molecular weight is 173 g/mol. The van der Waals surface area contributed by atoms with Crippen LogP contribution >= 0.6 is 11.8 Å². The van der Waals surface area contributed by atoms with E-state index < -0.39 is 0 Å². The van der Waals surface area contributed by atoms with Crippen LogP contribution < -0.4 is 5.32 Å². The van der Waals surface area contributed by atoms with Crippen LogP contribution in [0, 0.1) is 5.92 Å². The summed E-state index contributed by atoms with van der Waals surface area (Å²) in [7, 11) is 0. The fourth-order valence-electron chi connectivity index (χ4n) is 1.32. The third-order valence-electron chi connectivity index (χ3n) is 2.67. The highest BCUT2D eigenvalue weighted by atomic mass is 32.2. The van der Waals surface area contributed by atoms with Crippen molar-refractivity contribution in [2.75, 3.05) is 5.75 Å². The molecule has 66 valence electrons. The van der Waals surface area contributed by atoms with Crippen molar-refractivity contribution in [1.29, 1.82) is 0 Å². The average Bonchev–Trinajstić information content (AvgIpc) is 2.33. The Balaban J connectivity index is 2.50. The molecule has 0 spiro atoms. The van der Waals surface area contributed by atoms with Crippen molar-refractivity contribution in [1.82, 2.24) is 5.32 Å². The molecular weight excluding hydrogens is 154 g/mol. The fourth-order valence-corrected chi connectivity index (χ4v) is 2.77. The lowest BCUT2D eigenvalue weighted by Gasteiger charge is -2.29. The lowest BCUT2D eigenvalue weighted by molar-refractivity contribution is 0.367. The summed E-state index contributed by atoms with van der Waals surface area (Å²) in [5.74, 6) is 2.01. The first-order valence-electron chi connectivity index (χ1n) is 4.50. The predicted molar refractivity (Wildman–Crippen MR) is 52.9 cm³/mol. The molecule has 1 aliphatic rings. The van der Waals surface area contributed by atoms with Crippen LogP contribution in [-0.2, 0) is 0 Å². The topological polar surface area (TPSA) is 12.0 Å². The van der Waals surface area contributed by atoms with Crippen molar-refractivity contribution in [2.45, 2.75) is 45.0 Å². The fraction of sp³-hybridized carbons (Fsp3) is 1.00. The molecule has 0 aromatic heterocycles. The van der Waals surface area contributed by atoms with Gasteiger partial charge >= 0.3 is 0 Å². The van der Waals surface area contributed by atoms with Gasteiger partial charge in [0.1, 0.15) is 0 Å². The van der Waals surface area contributed by atoms with E-state index in [-0.39, 0.29) is 0 Å². The number of thioether (sulfide) groups is 1. The third-order valence-corrected chi connectivity index (χ3v) is 4.43. The molecule has 1 nitrogen and oxygen atoms in total. The van der Waals surface area contributed by atoms with Gasteiger partial charge in [0.05, 0.1) is 4.87 Å². The van der Waals surface area contributed by atoms with Crippen LogP contribution in [0.3, 0.4) is 0 Å². The summed E-state index contributed by atoms with van der Waals surface area (Å²) in [6, 6.07) is 0.743. The van der Waals surface area contributed by atoms with Crippen LogP contribution in [0.25, 0.3) is 0 Å². The first kappa shape index (κ1) is 9.40. The highest BCUT2D eigenvalue weighted by molar-refractivity contribution is 8.00. The monoisotopic (exact) mass is 173 g/mol.